The van der Waals surface area contributed by atoms with Crippen molar-refractivity contribution in [1.29, 1.82) is 0 Å². The van der Waals surface area contributed by atoms with Crippen LogP contribution in [-0.4, -0.2) is 61.2 Å². The Kier molecular flexibility index (Phi) is 7.07. The molecule has 0 radical (unpaired) electrons. The Balaban J connectivity index is 1.55. The summed E-state index contributed by atoms with van der Waals surface area (Å²) in [5, 5.41) is 3.34. The maximum Gasteiger partial charge on any atom is 0.414 e. The molecule has 1 aromatic carbocycles. The van der Waals surface area contributed by atoms with E-state index in [1.54, 1.807) is 4.90 Å². The molecule has 2 saturated heterocycles. The van der Waals surface area contributed by atoms with E-state index in [0.717, 1.165) is 24.5 Å². The standard InChI is InChI=1S/C19H27N3O3S2/c1-14(2)24-18(26)20-12-17-13-22(19(23)25-17)16-6-4-15(5-7-16)21-8-3-10-27-11-9-21/h4-7,14,17H,3,8-13H2,1-2H3,(H,20,26). The van der Waals surface area contributed by atoms with Crippen LogP contribution in [0.1, 0.15) is 20.3 Å². The summed E-state index contributed by atoms with van der Waals surface area (Å²) in [5.41, 5.74) is 2.07. The minimum atomic E-state index is -0.323. The minimum absolute atomic E-state index is 0.0222. The molecule has 0 spiro atoms. The summed E-state index contributed by atoms with van der Waals surface area (Å²) >= 11 is 7.12. The topological polar surface area (TPSA) is 54.0 Å². The van der Waals surface area contributed by atoms with Gasteiger partial charge in [-0.3, -0.25) is 4.90 Å². The summed E-state index contributed by atoms with van der Waals surface area (Å²) in [4.78, 5) is 16.3. The molecular weight excluding hydrogens is 382 g/mol. The Morgan fingerprint density at radius 3 is 2.78 bits per heavy atom. The van der Waals surface area contributed by atoms with Gasteiger partial charge in [0.15, 0.2) is 0 Å². The van der Waals surface area contributed by atoms with Crippen LogP contribution >= 0.6 is 24.0 Å². The van der Waals surface area contributed by atoms with E-state index in [0.29, 0.717) is 18.3 Å². The minimum Gasteiger partial charge on any atom is -0.468 e. The van der Waals surface area contributed by atoms with Gasteiger partial charge in [0.2, 0.25) is 0 Å². The summed E-state index contributed by atoms with van der Waals surface area (Å²) in [6, 6.07) is 8.18. The molecule has 1 amide bonds. The van der Waals surface area contributed by atoms with E-state index in [1.165, 1.54) is 17.9 Å². The van der Waals surface area contributed by atoms with Crippen LogP contribution in [0.5, 0.6) is 0 Å². The van der Waals surface area contributed by atoms with Crippen LogP contribution in [0.25, 0.3) is 0 Å². The number of nitrogens with zero attached hydrogens (tertiary/aromatic N) is 2. The number of carbonyl (C=O) groups is 1. The number of nitrogens with one attached hydrogen (secondary N) is 1. The van der Waals surface area contributed by atoms with Crippen LogP contribution < -0.4 is 15.1 Å². The predicted molar refractivity (Wildman–Crippen MR) is 115 cm³/mol. The van der Waals surface area contributed by atoms with E-state index in [-0.39, 0.29) is 18.3 Å². The Labute approximate surface area is 170 Å². The van der Waals surface area contributed by atoms with Gasteiger partial charge in [-0.1, -0.05) is 0 Å². The molecule has 2 fully saturated rings. The first kappa shape index (κ1) is 20.1. The number of thiocarbonyl (C=S) groups is 1. The van der Waals surface area contributed by atoms with Crippen LogP contribution in [0.4, 0.5) is 16.2 Å². The van der Waals surface area contributed by atoms with Crippen molar-refractivity contribution >= 4 is 46.6 Å². The first-order valence-electron chi connectivity index (χ1n) is 9.38. The number of anilines is 2. The monoisotopic (exact) mass is 409 g/mol. The van der Waals surface area contributed by atoms with Gasteiger partial charge in [0.1, 0.15) is 6.10 Å². The molecule has 0 aliphatic carbocycles. The van der Waals surface area contributed by atoms with Crippen LogP contribution in [-0.2, 0) is 9.47 Å². The average molecular weight is 410 g/mol. The second kappa shape index (κ2) is 9.50. The smallest absolute Gasteiger partial charge is 0.414 e. The lowest BCUT2D eigenvalue weighted by Crippen LogP contribution is -2.35. The van der Waals surface area contributed by atoms with E-state index < -0.39 is 0 Å². The van der Waals surface area contributed by atoms with Crippen molar-refractivity contribution in [3.8, 4) is 0 Å². The summed E-state index contributed by atoms with van der Waals surface area (Å²) in [5.74, 6) is 2.40. The van der Waals surface area contributed by atoms with Gasteiger partial charge in [0.25, 0.3) is 5.17 Å². The van der Waals surface area contributed by atoms with Gasteiger partial charge in [-0.25, -0.2) is 4.79 Å². The van der Waals surface area contributed by atoms with E-state index in [2.05, 4.69) is 22.3 Å². The molecule has 148 valence electrons. The zero-order valence-electron chi connectivity index (χ0n) is 15.8. The molecule has 8 heteroatoms. The number of thioether (sulfide) groups is 1. The highest BCUT2D eigenvalue weighted by molar-refractivity contribution is 7.99. The highest BCUT2D eigenvalue weighted by atomic mass is 32.2. The first-order chi connectivity index (χ1) is 13.0. The molecule has 1 unspecified atom stereocenters. The van der Waals surface area contributed by atoms with Crippen molar-refractivity contribution < 1.29 is 14.3 Å². The molecular formula is C19H27N3O3S2. The number of hydrogen-bond acceptors (Lipinski definition) is 6. The predicted octanol–water partition coefficient (Wildman–Crippen LogP) is 3.25. The molecule has 1 atom stereocenters. The largest absolute Gasteiger partial charge is 0.468 e. The van der Waals surface area contributed by atoms with E-state index in [4.69, 9.17) is 21.7 Å². The van der Waals surface area contributed by atoms with Gasteiger partial charge in [-0.05, 0) is 62.5 Å². The molecule has 1 N–H and O–H groups in total. The Morgan fingerprint density at radius 2 is 2.04 bits per heavy atom. The maximum atomic E-state index is 12.2. The molecule has 2 aliphatic rings. The van der Waals surface area contributed by atoms with E-state index in [1.807, 2.05) is 37.7 Å². The Hall–Kier alpha value is -1.67. The van der Waals surface area contributed by atoms with Crippen LogP contribution in [0.3, 0.4) is 0 Å². The molecule has 3 rings (SSSR count). The van der Waals surface area contributed by atoms with Gasteiger partial charge in [0.05, 0.1) is 19.2 Å². The van der Waals surface area contributed by atoms with Crippen molar-refractivity contribution in [1.82, 2.24) is 5.32 Å². The fraction of sp³-hybridized carbons (Fsp3) is 0.579. The van der Waals surface area contributed by atoms with Crippen molar-refractivity contribution in [3.05, 3.63) is 24.3 Å². The number of amides is 1. The zero-order chi connectivity index (χ0) is 19.2. The Morgan fingerprint density at radius 1 is 1.30 bits per heavy atom. The second-order valence-corrected chi connectivity index (χ2v) is 8.52. The van der Waals surface area contributed by atoms with Gasteiger partial charge < -0.3 is 19.7 Å². The van der Waals surface area contributed by atoms with Crippen molar-refractivity contribution in [2.45, 2.75) is 32.5 Å². The fourth-order valence-corrected chi connectivity index (χ4v) is 4.30. The van der Waals surface area contributed by atoms with Crippen molar-refractivity contribution in [2.24, 2.45) is 0 Å². The third-order valence-corrected chi connectivity index (χ3v) is 5.73. The van der Waals surface area contributed by atoms with Gasteiger partial charge in [0, 0.05) is 30.2 Å². The van der Waals surface area contributed by atoms with Gasteiger partial charge in [-0.2, -0.15) is 11.8 Å². The van der Waals surface area contributed by atoms with Crippen molar-refractivity contribution in [2.75, 3.05) is 47.5 Å². The van der Waals surface area contributed by atoms with Crippen LogP contribution in [0.15, 0.2) is 24.3 Å². The second-order valence-electron chi connectivity index (χ2n) is 6.92. The zero-order valence-corrected chi connectivity index (χ0v) is 17.5. The highest BCUT2D eigenvalue weighted by Gasteiger charge is 2.32. The summed E-state index contributed by atoms with van der Waals surface area (Å²) in [6.45, 7) is 6.93. The third-order valence-electron chi connectivity index (χ3n) is 4.44. The molecule has 2 aliphatic heterocycles. The number of rotatable bonds is 5. The van der Waals surface area contributed by atoms with Gasteiger partial charge in [-0.15, -0.1) is 0 Å². The summed E-state index contributed by atoms with van der Waals surface area (Å²) < 4.78 is 10.8. The van der Waals surface area contributed by atoms with E-state index >= 15 is 0 Å². The van der Waals surface area contributed by atoms with Crippen LogP contribution in [0.2, 0.25) is 0 Å². The Bertz CT molecular complexity index is 646. The summed E-state index contributed by atoms with van der Waals surface area (Å²) in [6.07, 6.45) is 0.654. The van der Waals surface area contributed by atoms with Gasteiger partial charge >= 0.3 is 6.09 Å². The normalized spacial score (nSPS) is 20.4. The van der Waals surface area contributed by atoms with Crippen LogP contribution in [0, 0.1) is 0 Å². The number of cyclic esters (lactones) is 1. The molecule has 27 heavy (non-hydrogen) atoms. The molecule has 1 aromatic rings. The molecule has 0 bridgehead atoms. The summed E-state index contributed by atoms with van der Waals surface area (Å²) in [7, 11) is 0. The quantitative estimate of drug-likeness (QED) is 0.749. The lowest BCUT2D eigenvalue weighted by atomic mass is 10.2. The molecule has 0 aromatic heterocycles. The van der Waals surface area contributed by atoms with Crippen molar-refractivity contribution in [3.63, 3.8) is 0 Å². The lowest BCUT2D eigenvalue weighted by molar-refractivity contribution is 0.140. The number of ether oxygens (including phenoxy) is 2. The number of benzene rings is 1. The highest BCUT2D eigenvalue weighted by Crippen LogP contribution is 2.26. The first-order valence-corrected chi connectivity index (χ1v) is 10.9. The molecule has 0 saturated carbocycles. The lowest BCUT2D eigenvalue weighted by Gasteiger charge is -2.23. The molecule has 2 heterocycles. The number of hydrogen-bond donors (Lipinski definition) is 1. The molecule has 6 nitrogen and oxygen atoms in total. The third kappa shape index (κ3) is 5.65. The number of carbonyl (C=O) groups excluding carboxylic acids is 1. The fourth-order valence-electron chi connectivity index (χ4n) is 3.14. The SMILES string of the molecule is CC(C)OC(=S)NCC1CN(c2ccc(N3CCCSCC3)cc2)C(=O)O1. The average Bonchev–Trinajstić information content (AvgIpc) is 2.84. The maximum absolute atomic E-state index is 12.2. The van der Waals surface area contributed by atoms with E-state index in [9.17, 15) is 4.79 Å².